The first-order valence-corrected chi connectivity index (χ1v) is 6.95. The minimum Gasteiger partial charge on any atom is -0.449 e. The molecule has 0 aromatic carbocycles. The second-order valence-corrected chi connectivity index (χ2v) is 5.07. The van der Waals surface area contributed by atoms with E-state index in [-0.39, 0.29) is 17.5 Å². The van der Waals surface area contributed by atoms with Crippen LogP contribution in [0.2, 0.25) is 0 Å². The maximum atomic E-state index is 12.0. The fraction of sp³-hybridized carbons (Fsp3) is 0.333. The Morgan fingerprint density at radius 1 is 1.27 bits per heavy atom. The zero-order chi connectivity index (χ0) is 16.1. The Balaban J connectivity index is 1.99. The Bertz CT molecular complexity index is 635. The van der Waals surface area contributed by atoms with Crippen molar-refractivity contribution in [2.75, 3.05) is 0 Å². The van der Waals surface area contributed by atoms with Crippen LogP contribution in [0.1, 0.15) is 31.1 Å². The van der Waals surface area contributed by atoms with Gasteiger partial charge in [-0.2, -0.15) is 5.10 Å². The molecule has 0 fully saturated rings. The molecule has 0 aliphatic rings. The lowest BCUT2D eigenvalue weighted by Crippen LogP contribution is -2.39. The summed E-state index contributed by atoms with van der Waals surface area (Å²) in [5.74, 6) is -0.331. The van der Waals surface area contributed by atoms with E-state index in [1.807, 2.05) is 13.8 Å². The minimum atomic E-state index is -0.860. The zero-order valence-electron chi connectivity index (χ0n) is 12.7. The first-order chi connectivity index (χ1) is 10.5. The third-order valence-electron chi connectivity index (χ3n) is 2.81. The molecule has 0 saturated heterocycles. The van der Waals surface area contributed by atoms with Crippen molar-refractivity contribution in [3.63, 3.8) is 0 Å². The highest BCUT2D eigenvalue weighted by Crippen LogP contribution is 2.07. The number of hydrogen-bond acceptors (Lipinski definition) is 5. The van der Waals surface area contributed by atoms with Crippen molar-refractivity contribution in [2.24, 2.45) is 0 Å². The standard InChI is InChI=1S/C15H18N4O3/c1-10(2)18-14(20)11(3)22-15(21)12-5-6-13(16-9-12)19-8-4-7-17-19/h4-11H,1-3H3,(H,18,20)/t11-/m1/s1. The minimum absolute atomic E-state index is 0.0105. The summed E-state index contributed by atoms with van der Waals surface area (Å²) in [6.45, 7) is 5.20. The normalized spacial score (nSPS) is 12.0. The monoisotopic (exact) mass is 302 g/mol. The molecule has 0 aliphatic heterocycles. The molecule has 0 unspecified atom stereocenters. The Labute approximate surface area is 128 Å². The number of amides is 1. The van der Waals surface area contributed by atoms with Crippen LogP contribution in [0, 0.1) is 0 Å². The highest BCUT2D eigenvalue weighted by atomic mass is 16.5. The molecule has 1 atom stereocenters. The molecule has 0 aliphatic carbocycles. The van der Waals surface area contributed by atoms with Crippen molar-refractivity contribution < 1.29 is 14.3 Å². The Morgan fingerprint density at radius 2 is 2.05 bits per heavy atom. The van der Waals surface area contributed by atoms with Crippen LogP contribution in [-0.2, 0) is 9.53 Å². The van der Waals surface area contributed by atoms with Gasteiger partial charge >= 0.3 is 5.97 Å². The number of aromatic nitrogens is 3. The number of carbonyl (C=O) groups excluding carboxylic acids is 2. The summed E-state index contributed by atoms with van der Waals surface area (Å²) < 4.78 is 6.69. The Hall–Kier alpha value is -2.70. The van der Waals surface area contributed by atoms with E-state index >= 15 is 0 Å². The molecule has 0 radical (unpaired) electrons. The molecule has 0 saturated carbocycles. The average molecular weight is 302 g/mol. The molecule has 2 aromatic rings. The predicted molar refractivity (Wildman–Crippen MR) is 79.5 cm³/mol. The van der Waals surface area contributed by atoms with E-state index in [1.165, 1.54) is 13.1 Å². The van der Waals surface area contributed by atoms with Gasteiger partial charge in [-0.05, 0) is 39.0 Å². The van der Waals surface area contributed by atoms with Crippen molar-refractivity contribution in [1.29, 1.82) is 0 Å². The van der Waals surface area contributed by atoms with Crippen LogP contribution < -0.4 is 5.32 Å². The second kappa shape index (κ2) is 6.84. The van der Waals surface area contributed by atoms with E-state index in [9.17, 15) is 9.59 Å². The van der Waals surface area contributed by atoms with E-state index < -0.39 is 12.1 Å². The Morgan fingerprint density at radius 3 is 2.59 bits per heavy atom. The number of pyridine rings is 1. The molecule has 1 N–H and O–H groups in total. The predicted octanol–water partition coefficient (Wildman–Crippen LogP) is 1.34. The Kier molecular flexibility index (Phi) is 4.88. The zero-order valence-corrected chi connectivity index (χ0v) is 12.7. The highest BCUT2D eigenvalue weighted by molar-refractivity contribution is 5.92. The van der Waals surface area contributed by atoms with Gasteiger partial charge in [0, 0.05) is 24.6 Å². The summed E-state index contributed by atoms with van der Waals surface area (Å²) in [5.41, 5.74) is 0.278. The van der Waals surface area contributed by atoms with E-state index in [4.69, 9.17) is 4.74 Å². The quantitative estimate of drug-likeness (QED) is 0.842. The fourth-order valence-corrected chi connectivity index (χ4v) is 1.73. The molecule has 0 spiro atoms. The largest absolute Gasteiger partial charge is 0.449 e. The first-order valence-electron chi connectivity index (χ1n) is 6.95. The number of nitrogens with zero attached hydrogens (tertiary/aromatic N) is 3. The summed E-state index contributed by atoms with van der Waals surface area (Å²) >= 11 is 0. The van der Waals surface area contributed by atoms with Crippen LogP contribution in [0.15, 0.2) is 36.8 Å². The number of ether oxygens (including phenoxy) is 1. The lowest BCUT2D eigenvalue weighted by Gasteiger charge is -2.15. The molecular formula is C15H18N4O3. The van der Waals surface area contributed by atoms with Crippen molar-refractivity contribution in [2.45, 2.75) is 32.9 Å². The molecule has 0 bridgehead atoms. The summed E-state index contributed by atoms with van der Waals surface area (Å²) in [7, 11) is 0. The van der Waals surface area contributed by atoms with E-state index in [1.54, 1.807) is 35.3 Å². The summed E-state index contributed by atoms with van der Waals surface area (Å²) in [5, 5.41) is 6.73. The maximum Gasteiger partial charge on any atom is 0.340 e. The van der Waals surface area contributed by atoms with Crippen LogP contribution >= 0.6 is 0 Å². The number of rotatable bonds is 5. The SMILES string of the molecule is CC(C)NC(=O)[C@@H](C)OC(=O)c1ccc(-n2cccn2)nc1. The smallest absolute Gasteiger partial charge is 0.340 e. The topological polar surface area (TPSA) is 86.1 Å². The molecule has 22 heavy (non-hydrogen) atoms. The van der Waals surface area contributed by atoms with Gasteiger partial charge in [0.25, 0.3) is 5.91 Å². The third kappa shape index (κ3) is 3.91. The number of hydrogen-bond donors (Lipinski definition) is 1. The van der Waals surface area contributed by atoms with Gasteiger partial charge in [-0.3, -0.25) is 4.79 Å². The summed E-state index contributed by atoms with van der Waals surface area (Å²) in [6.07, 6.45) is 3.92. The van der Waals surface area contributed by atoms with Gasteiger partial charge < -0.3 is 10.1 Å². The van der Waals surface area contributed by atoms with Gasteiger partial charge in [-0.1, -0.05) is 0 Å². The average Bonchev–Trinajstić information content (AvgIpc) is 3.00. The van der Waals surface area contributed by atoms with Crippen molar-refractivity contribution in [1.82, 2.24) is 20.1 Å². The van der Waals surface area contributed by atoms with E-state index in [0.29, 0.717) is 5.82 Å². The maximum absolute atomic E-state index is 12.0. The molecule has 2 heterocycles. The highest BCUT2D eigenvalue weighted by Gasteiger charge is 2.19. The van der Waals surface area contributed by atoms with Crippen LogP contribution in [0.3, 0.4) is 0 Å². The van der Waals surface area contributed by atoms with Crippen molar-refractivity contribution in [3.8, 4) is 5.82 Å². The second-order valence-electron chi connectivity index (χ2n) is 5.07. The van der Waals surface area contributed by atoms with Gasteiger partial charge in [0.2, 0.25) is 0 Å². The molecular weight excluding hydrogens is 284 g/mol. The first kappa shape index (κ1) is 15.7. The summed E-state index contributed by atoms with van der Waals surface area (Å²) in [4.78, 5) is 27.8. The van der Waals surface area contributed by atoms with E-state index in [0.717, 1.165) is 0 Å². The van der Waals surface area contributed by atoms with Gasteiger partial charge in [-0.15, -0.1) is 0 Å². The van der Waals surface area contributed by atoms with Gasteiger partial charge in [0.1, 0.15) is 0 Å². The molecule has 2 aromatic heterocycles. The van der Waals surface area contributed by atoms with Gasteiger partial charge in [0.15, 0.2) is 11.9 Å². The van der Waals surface area contributed by atoms with Crippen molar-refractivity contribution in [3.05, 3.63) is 42.4 Å². The van der Waals surface area contributed by atoms with Gasteiger partial charge in [0.05, 0.1) is 5.56 Å². The number of esters is 1. The third-order valence-corrected chi connectivity index (χ3v) is 2.81. The number of nitrogens with one attached hydrogen (secondary N) is 1. The molecule has 7 nitrogen and oxygen atoms in total. The van der Waals surface area contributed by atoms with Crippen LogP contribution in [0.25, 0.3) is 5.82 Å². The lowest BCUT2D eigenvalue weighted by atomic mass is 10.2. The van der Waals surface area contributed by atoms with Gasteiger partial charge in [-0.25, -0.2) is 14.5 Å². The fourth-order valence-electron chi connectivity index (χ4n) is 1.73. The lowest BCUT2D eigenvalue weighted by molar-refractivity contribution is -0.129. The van der Waals surface area contributed by atoms with Crippen LogP contribution in [0.4, 0.5) is 0 Å². The van der Waals surface area contributed by atoms with Crippen LogP contribution in [-0.4, -0.2) is 38.8 Å². The molecule has 1 amide bonds. The molecule has 2 rings (SSSR count). The van der Waals surface area contributed by atoms with E-state index in [2.05, 4.69) is 15.4 Å². The van der Waals surface area contributed by atoms with Crippen LogP contribution in [0.5, 0.6) is 0 Å². The molecule has 7 heteroatoms. The summed E-state index contributed by atoms with van der Waals surface area (Å²) in [6, 6.07) is 5.00. The molecule has 116 valence electrons. The number of carbonyl (C=O) groups is 2. The van der Waals surface area contributed by atoms with Crippen molar-refractivity contribution >= 4 is 11.9 Å².